The van der Waals surface area contributed by atoms with E-state index in [4.69, 9.17) is 11.6 Å². The summed E-state index contributed by atoms with van der Waals surface area (Å²) in [6.07, 6.45) is 2.55. The number of benzene rings is 1. The molecule has 0 aliphatic rings. The van der Waals surface area contributed by atoms with Gasteiger partial charge in [-0.25, -0.2) is 0 Å². The zero-order chi connectivity index (χ0) is 9.52. The van der Waals surface area contributed by atoms with Gasteiger partial charge in [0.15, 0.2) is 0 Å². The maximum Gasteiger partial charge on any atom is 0.0333 e. The van der Waals surface area contributed by atoms with Crippen LogP contribution in [-0.4, -0.2) is 5.88 Å². The number of halogens is 1. The summed E-state index contributed by atoms with van der Waals surface area (Å²) in [4.78, 5) is 0. The van der Waals surface area contributed by atoms with Crippen molar-refractivity contribution in [3.63, 3.8) is 0 Å². The first kappa shape index (κ1) is 9.89. The molecular weight excluding hydrogens is 180 g/mol. The fourth-order valence-corrected chi connectivity index (χ4v) is 1.05. The molecule has 0 aliphatic carbocycles. The normalized spacial score (nSPS) is 8.69. The molecule has 0 radical (unpaired) electrons. The van der Waals surface area contributed by atoms with Gasteiger partial charge in [-0.15, -0.1) is 11.6 Å². The second kappa shape index (κ2) is 5.45. The Bertz CT molecular complexity index is 342. The van der Waals surface area contributed by atoms with E-state index in [0.717, 1.165) is 17.5 Å². The second-order valence-electron chi connectivity index (χ2n) is 2.57. The summed E-state index contributed by atoms with van der Waals surface area (Å²) in [5, 5.41) is 0. The summed E-state index contributed by atoms with van der Waals surface area (Å²) in [6.45, 7) is 3.70. The third-order valence-corrected chi connectivity index (χ3v) is 1.76. The maximum absolute atomic E-state index is 5.51. The highest BCUT2D eigenvalue weighted by Gasteiger charge is 1.87. The third kappa shape index (κ3) is 3.36. The minimum absolute atomic E-state index is 0.591. The van der Waals surface area contributed by atoms with Crippen molar-refractivity contribution < 1.29 is 0 Å². The first-order chi connectivity index (χ1) is 6.36. The molecular formula is C12H11Cl. The third-order valence-electron chi connectivity index (χ3n) is 1.57. The molecule has 0 aromatic heterocycles. The van der Waals surface area contributed by atoms with Crippen LogP contribution >= 0.6 is 11.6 Å². The highest BCUT2D eigenvalue weighted by atomic mass is 35.5. The molecule has 0 N–H and O–H groups in total. The van der Waals surface area contributed by atoms with Crippen LogP contribution in [0, 0.1) is 11.8 Å². The van der Waals surface area contributed by atoms with E-state index in [1.807, 2.05) is 30.3 Å². The Morgan fingerprint density at radius 3 is 3.00 bits per heavy atom. The fraction of sp³-hybridized carbons (Fsp3) is 0.167. The number of alkyl halides is 1. The van der Waals surface area contributed by atoms with E-state index in [-0.39, 0.29) is 0 Å². The SMILES string of the molecule is C=Cc1cccc(C#CCCCl)c1. The topological polar surface area (TPSA) is 0 Å². The first-order valence-electron chi connectivity index (χ1n) is 4.14. The van der Waals surface area contributed by atoms with Crippen LogP contribution in [0.2, 0.25) is 0 Å². The predicted molar refractivity (Wildman–Crippen MR) is 58.7 cm³/mol. The Morgan fingerprint density at radius 1 is 1.46 bits per heavy atom. The van der Waals surface area contributed by atoms with Crippen LogP contribution in [0.15, 0.2) is 30.8 Å². The predicted octanol–water partition coefficient (Wildman–Crippen LogP) is 3.31. The Kier molecular flexibility index (Phi) is 4.15. The minimum Gasteiger partial charge on any atom is -0.126 e. The highest BCUT2D eigenvalue weighted by Crippen LogP contribution is 2.04. The van der Waals surface area contributed by atoms with Crippen molar-refractivity contribution in [1.29, 1.82) is 0 Å². The summed E-state index contributed by atoms with van der Waals surface area (Å²) in [5.74, 6) is 6.62. The zero-order valence-electron chi connectivity index (χ0n) is 7.39. The lowest BCUT2D eigenvalue weighted by Crippen LogP contribution is -1.76. The van der Waals surface area contributed by atoms with Crippen molar-refractivity contribution in [3.8, 4) is 11.8 Å². The molecule has 1 heteroatoms. The van der Waals surface area contributed by atoms with E-state index in [9.17, 15) is 0 Å². The molecule has 0 atom stereocenters. The van der Waals surface area contributed by atoms with E-state index < -0.39 is 0 Å². The smallest absolute Gasteiger partial charge is 0.0333 e. The van der Waals surface area contributed by atoms with Crippen LogP contribution in [0.5, 0.6) is 0 Å². The number of rotatable bonds is 2. The van der Waals surface area contributed by atoms with E-state index in [2.05, 4.69) is 18.4 Å². The van der Waals surface area contributed by atoms with Crippen molar-refractivity contribution >= 4 is 17.7 Å². The van der Waals surface area contributed by atoms with Crippen LogP contribution in [0.1, 0.15) is 17.5 Å². The van der Waals surface area contributed by atoms with Crippen LogP contribution in [0.4, 0.5) is 0 Å². The molecule has 13 heavy (non-hydrogen) atoms. The van der Waals surface area contributed by atoms with Crippen LogP contribution in [0.3, 0.4) is 0 Å². The molecule has 0 saturated carbocycles. The highest BCUT2D eigenvalue weighted by molar-refractivity contribution is 6.18. The molecule has 0 amide bonds. The van der Waals surface area contributed by atoms with Crippen molar-refractivity contribution in [2.45, 2.75) is 6.42 Å². The van der Waals surface area contributed by atoms with Crippen molar-refractivity contribution in [2.75, 3.05) is 5.88 Å². The molecule has 66 valence electrons. The van der Waals surface area contributed by atoms with Gasteiger partial charge in [0.2, 0.25) is 0 Å². The minimum atomic E-state index is 0.591. The molecule has 0 heterocycles. The molecule has 0 aliphatic heterocycles. The monoisotopic (exact) mass is 190 g/mol. The van der Waals surface area contributed by atoms with E-state index in [1.54, 1.807) is 0 Å². The summed E-state index contributed by atoms with van der Waals surface area (Å²) >= 11 is 5.51. The van der Waals surface area contributed by atoms with Gasteiger partial charge in [0.05, 0.1) is 0 Å². The fourth-order valence-electron chi connectivity index (χ4n) is 0.955. The Morgan fingerprint density at radius 2 is 2.31 bits per heavy atom. The lowest BCUT2D eigenvalue weighted by molar-refractivity contribution is 1.29. The molecule has 0 saturated heterocycles. The van der Waals surface area contributed by atoms with Crippen LogP contribution in [0.25, 0.3) is 6.08 Å². The quantitative estimate of drug-likeness (QED) is 0.496. The Labute approximate surface area is 84.2 Å². The summed E-state index contributed by atoms with van der Waals surface area (Å²) in [5.41, 5.74) is 2.11. The average molecular weight is 191 g/mol. The summed E-state index contributed by atoms with van der Waals surface area (Å²) in [6, 6.07) is 7.96. The Balaban J connectivity index is 2.79. The van der Waals surface area contributed by atoms with Gasteiger partial charge in [0, 0.05) is 17.9 Å². The molecule has 0 unspecified atom stereocenters. The molecule has 0 nitrogen and oxygen atoms in total. The van der Waals surface area contributed by atoms with Gasteiger partial charge in [-0.05, 0) is 17.7 Å². The summed E-state index contributed by atoms with van der Waals surface area (Å²) < 4.78 is 0. The van der Waals surface area contributed by atoms with Gasteiger partial charge >= 0.3 is 0 Å². The van der Waals surface area contributed by atoms with Crippen LogP contribution in [-0.2, 0) is 0 Å². The Hall–Kier alpha value is -1.19. The van der Waals surface area contributed by atoms with Crippen molar-refractivity contribution in [1.82, 2.24) is 0 Å². The average Bonchev–Trinajstić information content (AvgIpc) is 2.19. The maximum atomic E-state index is 5.51. The van der Waals surface area contributed by atoms with Gasteiger partial charge in [-0.1, -0.05) is 36.6 Å². The molecule has 0 spiro atoms. The van der Waals surface area contributed by atoms with E-state index in [1.165, 1.54) is 0 Å². The van der Waals surface area contributed by atoms with Gasteiger partial charge in [0.1, 0.15) is 0 Å². The van der Waals surface area contributed by atoms with Crippen LogP contribution < -0.4 is 0 Å². The van der Waals surface area contributed by atoms with E-state index in [0.29, 0.717) is 5.88 Å². The van der Waals surface area contributed by atoms with Gasteiger partial charge in [0.25, 0.3) is 0 Å². The summed E-state index contributed by atoms with van der Waals surface area (Å²) in [7, 11) is 0. The number of hydrogen-bond donors (Lipinski definition) is 0. The lowest BCUT2D eigenvalue weighted by atomic mass is 10.1. The van der Waals surface area contributed by atoms with Gasteiger partial charge < -0.3 is 0 Å². The first-order valence-corrected chi connectivity index (χ1v) is 4.67. The lowest BCUT2D eigenvalue weighted by Gasteiger charge is -1.92. The van der Waals surface area contributed by atoms with Gasteiger partial charge in [-0.2, -0.15) is 0 Å². The largest absolute Gasteiger partial charge is 0.126 e. The molecule has 0 bridgehead atoms. The zero-order valence-corrected chi connectivity index (χ0v) is 8.14. The molecule has 1 aromatic carbocycles. The number of hydrogen-bond acceptors (Lipinski definition) is 0. The molecule has 0 fully saturated rings. The molecule has 1 rings (SSSR count). The van der Waals surface area contributed by atoms with Crippen molar-refractivity contribution in [3.05, 3.63) is 42.0 Å². The van der Waals surface area contributed by atoms with Crippen molar-refractivity contribution in [2.24, 2.45) is 0 Å². The van der Waals surface area contributed by atoms with E-state index >= 15 is 0 Å². The van der Waals surface area contributed by atoms with Gasteiger partial charge in [-0.3, -0.25) is 0 Å². The molecule has 1 aromatic rings. The standard InChI is InChI=1S/C12H11Cl/c1-2-11-7-5-8-12(10-11)6-3-4-9-13/h2,5,7-8,10H,1,4,9H2. The second-order valence-corrected chi connectivity index (χ2v) is 2.95.